The first-order valence-corrected chi connectivity index (χ1v) is 8.64. The van der Waals surface area contributed by atoms with Crippen molar-refractivity contribution < 1.29 is 23.8 Å². The molecule has 0 radical (unpaired) electrons. The maximum Gasteiger partial charge on any atom is 0.270 e. The predicted molar refractivity (Wildman–Crippen MR) is 108 cm³/mol. The van der Waals surface area contributed by atoms with Crippen molar-refractivity contribution >= 4 is 40.9 Å². The van der Waals surface area contributed by atoms with Crippen molar-refractivity contribution in [1.82, 2.24) is 9.88 Å². The van der Waals surface area contributed by atoms with E-state index in [1.54, 1.807) is 22.8 Å². The van der Waals surface area contributed by atoms with Crippen LogP contribution in [-0.2, 0) is 16.6 Å². The van der Waals surface area contributed by atoms with Gasteiger partial charge in [0.1, 0.15) is 5.57 Å². The van der Waals surface area contributed by atoms with Crippen molar-refractivity contribution in [2.75, 3.05) is 26.2 Å². The summed E-state index contributed by atoms with van der Waals surface area (Å²) in [5.41, 5.74) is 1.04. The van der Waals surface area contributed by atoms with Crippen LogP contribution in [0.2, 0.25) is 0 Å². The van der Waals surface area contributed by atoms with E-state index < -0.39 is 11.8 Å². The summed E-state index contributed by atoms with van der Waals surface area (Å²) >= 11 is 5.24. The summed E-state index contributed by atoms with van der Waals surface area (Å²) in [7, 11) is 6.25. The zero-order valence-corrected chi connectivity index (χ0v) is 16.6. The monoisotopic (exact) mass is 401 g/mol. The number of rotatable bonds is 5. The highest BCUT2D eigenvalue weighted by Gasteiger charge is 2.35. The van der Waals surface area contributed by atoms with Crippen molar-refractivity contribution in [3.63, 3.8) is 0 Å². The van der Waals surface area contributed by atoms with Gasteiger partial charge in [0.15, 0.2) is 16.6 Å². The molecule has 3 rings (SSSR count). The van der Waals surface area contributed by atoms with Gasteiger partial charge in [-0.1, -0.05) is 0 Å². The van der Waals surface area contributed by atoms with Crippen molar-refractivity contribution in [2.45, 2.75) is 0 Å². The van der Waals surface area contributed by atoms with Gasteiger partial charge in [0.05, 0.1) is 27.0 Å². The second-order valence-corrected chi connectivity index (χ2v) is 6.27. The number of ether oxygens (including phenoxy) is 3. The smallest absolute Gasteiger partial charge is 0.270 e. The molecule has 1 aliphatic rings. The van der Waals surface area contributed by atoms with E-state index in [0.29, 0.717) is 28.6 Å². The average molecular weight is 401 g/mol. The number of aryl methyl sites for hydroxylation is 1. The average Bonchev–Trinajstić information content (AvgIpc) is 3.08. The fourth-order valence-electron chi connectivity index (χ4n) is 2.86. The molecule has 2 heterocycles. The molecule has 0 saturated carbocycles. The Bertz CT molecular complexity index is 970. The van der Waals surface area contributed by atoms with Crippen LogP contribution in [0.25, 0.3) is 6.08 Å². The number of methoxy groups -OCH3 is 3. The molecule has 0 unspecified atom stereocenters. The topological polar surface area (TPSA) is 82.0 Å². The van der Waals surface area contributed by atoms with Gasteiger partial charge < -0.3 is 18.8 Å². The Kier molecular flexibility index (Phi) is 5.36. The molecule has 1 saturated heterocycles. The fraction of sp³-hybridized carbons (Fsp3) is 0.211. The van der Waals surface area contributed by atoms with Gasteiger partial charge in [0, 0.05) is 31.1 Å². The van der Waals surface area contributed by atoms with E-state index in [1.165, 1.54) is 32.3 Å². The molecule has 0 atom stereocenters. The van der Waals surface area contributed by atoms with Gasteiger partial charge >= 0.3 is 0 Å². The lowest BCUT2D eigenvalue weighted by molar-refractivity contribution is -0.122. The third kappa shape index (κ3) is 3.31. The Morgan fingerprint density at radius 2 is 1.71 bits per heavy atom. The van der Waals surface area contributed by atoms with Crippen LogP contribution in [0.1, 0.15) is 5.69 Å². The van der Waals surface area contributed by atoms with Crippen LogP contribution >= 0.6 is 12.2 Å². The number of hydrogen-bond acceptors (Lipinski definition) is 6. The SMILES string of the molecule is COc1cc(N2C(=O)/C(=C/c3cccn3C)C(=O)NC2=S)cc(OC)c1OC. The Hall–Kier alpha value is -3.33. The first-order valence-electron chi connectivity index (χ1n) is 8.24. The third-order valence-corrected chi connectivity index (χ3v) is 4.57. The van der Waals surface area contributed by atoms with Crippen LogP contribution in [0.5, 0.6) is 17.2 Å². The number of anilines is 1. The second kappa shape index (κ2) is 7.73. The lowest BCUT2D eigenvalue weighted by Gasteiger charge is -2.29. The number of carbonyl (C=O) groups excluding carboxylic acids is 2. The molecule has 9 heteroatoms. The Labute approximate surface area is 167 Å². The maximum absolute atomic E-state index is 13.1. The van der Waals surface area contributed by atoms with Gasteiger partial charge in [-0.2, -0.15) is 0 Å². The normalized spacial score (nSPS) is 15.6. The first-order chi connectivity index (χ1) is 13.4. The van der Waals surface area contributed by atoms with Crippen molar-refractivity contribution in [2.24, 2.45) is 7.05 Å². The Balaban J connectivity index is 2.10. The highest BCUT2D eigenvalue weighted by atomic mass is 32.1. The molecule has 146 valence electrons. The summed E-state index contributed by atoms with van der Waals surface area (Å²) in [6.07, 6.45) is 3.34. The van der Waals surface area contributed by atoms with Gasteiger partial charge in [0.2, 0.25) is 5.75 Å². The van der Waals surface area contributed by atoms with E-state index >= 15 is 0 Å². The van der Waals surface area contributed by atoms with Crippen LogP contribution in [-0.4, -0.2) is 42.8 Å². The molecular formula is C19H19N3O5S. The summed E-state index contributed by atoms with van der Waals surface area (Å²) in [5, 5.41) is 2.52. The van der Waals surface area contributed by atoms with E-state index in [9.17, 15) is 9.59 Å². The number of benzene rings is 1. The summed E-state index contributed by atoms with van der Waals surface area (Å²) in [6, 6.07) is 6.79. The molecule has 28 heavy (non-hydrogen) atoms. The van der Waals surface area contributed by atoms with Gasteiger partial charge in [-0.05, 0) is 30.4 Å². The third-order valence-electron chi connectivity index (χ3n) is 4.29. The van der Waals surface area contributed by atoms with E-state index in [2.05, 4.69) is 5.32 Å². The first kappa shape index (κ1) is 19.4. The summed E-state index contributed by atoms with van der Waals surface area (Å²) < 4.78 is 17.8. The zero-order valence-electron chi connectivity index (χ0n) is 15.8. The minimum absolute atomic E-state index is 0.0340. The minimum Gasteiger partial charge on any atom is -0.493 e. The number of hydrogen-bond donors (Lipinski definition) is 1. The molecule has 0 aliphatic carbocycles. The zero-order chi connectivity index (χ0) is 20.4. The van der Waals surface area contributed by atoms with Gasteiger partial charge in [0.25, 0.3) is 11.8 Å². The second-order valence-electron chi connectivity index (χ2n) is 5.89. The molecular weight excluding hydrogens is 382 g/mol. The van der Waals surface area contributed by atoms with Crippen LogP contribution < -0.4 is 24.4 Å². The molecule has 2 aromatic rings. The minimum atomic E-state index is -0.556. The molecule has 8 nitrogen and oxygen atoms in total. The molecule has 1 fully saturated rings. The summed E-state index contributed by atoms with van der Waals surface area (Å²) in [4.78, 5) is 26.7. The van der Waals surface area contributed by atoms with Crippen molar-refractivity contribution in [3.05, 3.63) is 41.7 Å². The molecule has 1 aliphatic heterocycles. The highest BCUT2D eigenvalue weighted by molar-refractivity contribution is 7.80. The van der Waals surface area contributed by atoms with Crippen LogP contribution in [0.15, 0.2) is 36.0 Å². The quantitative estimate of drug-likeness (QED) is 0.468. The standard InChI is InChI=1S/C19H19N3O5S/c1-21-7-5-6-11(21)8-13-17(23)20-19(28)22(18(13)24)12-9-14(25-2)16(27-4)15(10-12)26-3/h5-10H,1-4H3,(H,20,23,28)/b13-8+. The van der Waals surface area contributed by atoms with Crippen LogP contribution in [0.3, 0.4) is 0 Å². The Morgan fingerprint density at radius 1 is 1.07 bits per heavy atom. The number of aromatic nitrogens is 1. The van der Waals surface area contributed by atoms with E-state index in [4.69, 9.17) is 26.4 Å². The van der Waals surface area contributed by atoms with Crippen LogP contribution in [0, 0.1) is 0 Å². The number of nitrogens with zero attached hydrogens (tertiary/aromatic N) is 2. The van der Waals surface area contributed by atoms with Gasteiger partial charge in [-0.3, -0.25) is 19.8 Å². The van der Waals surface area contributed by atoms with E-state index in [1.807, 2.05) is 19.3 Å². The largest absolute Gasteiger partial charge is 0.493 e. The molecule has 1 aromatic heterocycles. The number of carbonyl (C=O) groups is 2. The van der Waals surface area contributed by atoms with E-state index in [-0.39, 0.29) is 10.7 Å². The maximum atomic E-state index is 13.1. The fourth-order valence-corrected chi connectivity index (χ4v) is 3.14. The molecule has 1 aromatic carbocycles. The van der Waals surface area contributed by atoms with Crippen molar-refractivity contribution in [3.8, 4) is 17.2 Å². The summed E-state index contributed by atoms with van der Waals surface area (Å²) in [5.74, 6) is -0.00789. The molecule has 0 spiro atoms. The van der Waals surface area contributed by atoms with Gasteiger partial charge in [-0.25, -0.2) is 0 Å². The molecule has 2 amide bonds. The molecule has 1 N–H and O–H groups in total. The number of thiocarbonyl (C=S) groups is 1. The molecule has 0 bridgehead atoms. The Morgan fingerprint density at radius 3 is 2.21 bits per heavy atom. The predicted octanol–water partition coefficient (Wildman–Crippen LogP) is 1.88. The number of amides is 2. The lowest BCUT2D eigenvalue weighted by Crippen LogP contribution is -2.54. The number of nitrogens with one attached hydrogen (secondary N) is 1. The van der Waals surface area contributed by atoms with Crippen LogP contribution in [0.4, 0.5) is 5.69 Å². The van der Waals surface area contributed by atoms with E-state index in [0.717, 1.165) is 0 Å². The summed E-state index contributed by atoms with van der Waals surface area (Å²) in [6.45, 7) is 0. The van der Waals surface area contributed by atoms with Gasteiger partial charge in [-0.15, -0.1) is 0 Å². The highest BCUT2D eigenvalue weighted by Crippen LogP contribution is 2.41. The lowest BCUT2D eigenvalue weighted by atomic mass is 10.1. The van der Waals surface area contributed by atoms with Crippen molar-refractivity contribution in [1.29, 1.82) is 0 Å².